The molecule has 1 unspecified atom stereocenters. The summed E-state index contributed by atoms with van der Waals surface area (Å²) < 4.78 is 10.9. The Morgan fingerprint density at radius 3 is 2.30 bits per heavy atom. The summed E-state index contributed by atoms with van der Waals surface area (Å²) in [5.41, 5.74) is -0.120. The van der Waals surface area contributed by atoms with Crippen molar-refractivity contribution >= 4 is 34.1 Å². The van der Waals surface area contributed by atoms with Gasteiger partial charge in [0.1, 0.15) is 17.2 Å². The van der Waals surface area contributed by atoms with Crippen LogP contribution >= 0.6 is 23.2 Å². The van der Waals surface area contributed by atoms with Crippen LogP contribution in [-0.2, 0) is 4.79 Å². The summed E-state index contributed by atoms with van der Waals surface area (Å²) >= 11 is 11.3. The highest BCUT2D eigenvalue weighted by molar-refractivity contribution is 6.64. The zero-order valence-corrected chi connectivity index (χ0v) is 13.4. The van der Waals surface area contributed by atoms with Gasteiger partial charge < -0.3 is 9.47 Å². The summed E-state index contributed by atoms with van der Waals surface area (Å²) in [7, 11) is 0. The van der Waals surface area contributed by atoms with Crippen LogP contribution in [0.4, 0.5) is 5.69 Å². The van der Waals surface area contributed by atoms with Crippen molar-refractivity contribution in [3.8, 4) is 17.2 Å². The molecule has 0 saturated carbocycles. The minimum absolute atomic E-state index is 0.120. The predicted molar refractivity (Wildman–Crippen MR) is 85.6 cm³/mol. The van der Waals surface area contributed by atoms with E-state index in [2.05, 4.69) is 0 Å². The molecule has 8 heteroatoms. The van der Waals surface area contributed by atoms with Gasteiger partial charge in [0.05, 0.1) is 9.95 Å². The smallest absolute Gasteiger partial charge is 0.271 e. The Morgan fingerprint density at radius 2 is 1.78 bits per heavy atom. The van der Waals surface area contributed by atoms with Crippen molar-refractivity contribution in [2.75, 3.05) is 0 Å². The van der Waals surface area contributed by atoms with Gasteiger partial charge in [-0.2, -0.15) is 0 Å². The van der Waals surface area contributed by atoms with Crippen LogP contribution < -0.4 is 9.47 Å². The maximum Gasteiger partial charge on any atom is 0.271 e. The van der Waals surface area contributed by atoms with E-state index >= 15 is 0 Å². The lowest BCUT2D eigenvalue weighted by atomic mass is 10.3. The number of hydrogen-bond acceptors (Lipinski definition) is 5. The number of ether oxygens (including phenoxy) is 2. The van der Waals surface area contributed by atoms with Crippen molar-refractivity contribution in [3.05, 3.63) is 57.6 Å². The molecule has 2 aromatic carbocycles. The van der Waals surface area contributed by atoms with Gasteiger partial charge in [-0.3, -0.25) is 14.9 Å². The number of nitro benzene ring substituents is 1. The number of carbonyl (C=O) groups excluding carboxylic acids is 1. The van der Waals surface area contributed by atoms with E-state index in [0.717, 1.165) is 0 Å². The fraction of sp³-hybridized carbons (Fsp3) is 0.133. The second-order valence-corrected chi connectivity index (χ2v) is 5.29. The number of non-ortho nitro benzene ring substituents is 1. The average Bonchev–Trinajstić information content (AvgIpc) is 2.50. The van der Waals surface area contributed by atoms with Gasteiger partial charge in [-0.05, 0) is 48.9 Å². The van der Waals surface area contributed by atoms with Gasteiger partial charge >= 0.3 is 0 Å². The third-order valence-electron chi connectivity index (χ3n) is 2.81. The summed E-state index contributed by atoms with van der Waals surface area (Å²) in [5, 5.41) is 10.2. The number of rotatable bonds is 6. The molecule has 23 heavy (non-hydrogen) atoms. The number of halogens is 2. The predicted octanol–water partition coefficient (Wildman–Crippen LogP) is 4.57. The maximum absolute atomic E-state index is 10.9. The van der Waals surface area contributed by atoms with Crippen molar-refractivity contribution in [2.45, 2.75) is 13.0 Å². The Hall–Kier alpha value is -2.31. The number of nitro groups is 1. The third kappa shape index (κ3) is 4.58. The minimum atomic E-state index is -0.757. The molecule has 0 bridgehead atoms. The highest BCUT2D eigenvalue weighted by atomic mass is 35.5. The Labute approximate surface area is 141 Å². The van der Waals surface area contributed by atoms with Crippen LogP contribution in [0.1, 0.15) is 6.92 Å². The lowest BCUT2D eigenvalue weighted by Gasteiger charge is -2.11. The first kappa shape index (κ1) is 17.1. The van der Waals surface area contributed by atoms with Crippen molar-refractivity contribution in [3.63, 3.8) is 0 Å². The van der Waals surface area contributed by atoms with Crippen LogP contribution in [0.3, 0.4) is 0 Å². The van der Waals surface area contributed by atoms with Crippen molar-refractivity contribution in [2.24, 2.45) is 0 Å². The van der Waals surface area contributed by atoms with Crippen molar-refractivity contribution < 1.29 is 19.2 Å². The van der Waals surface area contributed by atoms with Crippen LogP contribution in [0.2, 0.25) is 5.02 Å². The van der Waals surface area contributed by atoms with Crippen molar-refractivity contribution in [1.29, 1.82) is 0 Å². The zero-order chi connectivity index (χ0) is 17.0. The molecule has 0 aromatic heterocycles. The second kappa shape index (κ2) is 7.30. The molecule has 0 aliphatic carbocycles. The van der Waals surface area contributed by atoms with Crippen LogP contribution in [0.15, 0.2) is 42.5 Å². The highest BCUT2D eigenvalue weighted by Crippen LogP contribution is 2.33. The highest BCUT2D eigenvalue weighted by Gasteiger charge is 2.13. The van der Waals surface area contributed by atoms with E-state index in [4.69, 9.17) is 32.7 Å². The van der Waals surface area contributed by atoms with Crippen LogP contribution in [0, 0.1) is 10.1 Å². The molecular weight excluding hydrogens is 345 g/mol. The minimum Gasteiger partial charge on any atom is -0.482 e. The summed E-state index contributed by atoms with van der Waals surface area (Å²) in [5.74, 6) is 1.20. The molecule has 0 radical (unpaired) electrons. The molecule has 2 aromatic rings. The molecule has 0 saturated heterocycles. The van der Waals surface area contributed by atoms with E-state index in [-0.39, 0.29) is 16.5 Å². The molecule has 120 valence electrons. The quantitative estimate of drug-likeness (QED) is 0.430. The molecule has 0 aliphatic heterocycles. The second-order valence-electron chi connectivity index (χ2n) is 4.51. The zero-order valence-electron chi connectivity index (χ0n) is 11.9. The van der Waals surface area contributed by atoms with Gasteiger partial charge in [-0.1, -0.05) is 11.6 Å². The maximum atomic E-state index is 10.9. The van der Waals surface area contributed by atoms with E-state index < -0.39 is 16.3 Å². The van der Waals surface area contributed by atoms with Gasteiger partial charge in [-0.25, -0.2) is 0 Å². The Morgan fingerprint density at radius 1 is 1.17 bits per heavy atom. The molecule has 0 fully saturated rings. The summed E-state index contributed by atoms with van der Waals surface area (Å²) in [4.78, 5) is 21.0. The molecular formula is C15H11Cl2NO5. The lowest BCUT2D eigenvalue weighted by molar-refractivity contribution is -0.384. The fourth-order valence-electron chi connectivity index (χ4n) is 1.65. The number of nitrogens with zero attached hydrogens (tertiary/aromatic N) is 1. The van der Waals surface area contributed by atoms with Gasteiger partial charge in [0.2, 0.25) is 0 Å². The molecule has 1 atom stereocenters. The number of benzene rings is 2. The van der Waals surface area contributed by atoms with Gasteiger partial charge in [0, 0.05) is 12.1 Å². The molecule has 0 amide bonds. The van der Waals surface area contributed by atoms with Gasteiger partial charge in [0.15, 0.2) is 6.10 Å². The summed E-state index contributed by atoms with van der Waals surface area (Å²) in [6, 6.07) is 10.3. The Kier molecular flexibility index (Phi) is 5.41. The lowest BCUT2D eigenvalue weighted by Crippen LogP contribution is -2.18. The molecule has 6 nitrogen and oxygen atoms in total. The monoisotopic (exact) mass is 355 g/mol. The van der Waals surface area contributed by atoms with Crippen LogP contribution in [0.5, 0.6) is 17.2 Å². The SMILES string of the molecule is CC(Oc1ccc(Oc2ccc([N+](=O)[O-])cc2Cl)cc1)C(=O)Cl. The van der Waals surface area contributed by atoms with Crippen LogP contribution in [0.25, 0.3) is 0 Å². The third-order valence-corrected chi connectivity index (χ3v) is 3.41. The first-order valence-corrected chi connectivity index (χ1v) is 7.20. The van der Waals surface area contributed by atoms with E-state index in [1.54, 1.807) is 24.3 Å². The molecule has 0 aliphatic rings. The molecule has 0 spiro atoms. The first-order chi connectivity index (χ1) is 10.9. The van der Waals surface area contributed by atoms with E-state index in [0.29, 0.717) is 11.5 Å². The van der Waals surface area contributed by atoms with E-state index in [9.17, 15) is 14.9 Å². The first-order valence-electron chi connectivity index (χ1n) is 6.44. The molecule has 0 heterocycles. The number of carbonyl (C=O) groups is 1. The Bertz CT molecular complexity index is 733. The standard InChI is InChI=1S/C15H11Cl2NO5/c1-9(15(17)19)22-11-3-5-12(6-4-11)23-14-7-2-10(18(20)21)8-13(14)16/h2-9H,1H3. The summed E-state index contributed by atoms with van der Waals surface area (Å²) in [6.07, 6.45) is -0.757. The van der Waals surface area contributed by atoms with Gasteiger partial charge in [0.25, 0.3) is 10.9 Å². The topological polar surface area (TPSA) is 78.7 Å². The van der Waals surface area contributed by atoms with Gasteiger partial charge in [-0.15, -0.1) is 0 Å². The average molecular weight is 356 g/mol. The molecule has 2 rings (SSSR count). The van der Waals surface area contributed by atoms with E-state index in [1.807, 2.05) is 0 Å². The Balaban J connectivity index is 2.09. The fourth-order valence-corrected chi connectivity index (χ4v) is 1.91. The van der Waals surface area contributed by atoms with E-state index in [1.165, 1.54) is 25.1 Å². The number of hydrogen-bond donors (Lipinski definition) is 0. The summed E-state index contributed by atoms with van der Waals surface area (Å²) in [6.45, 7) is 1.54. The van der Waals surface area contributed by atoms with Crippen LogP contribution in [-0.4, -0.2) is 16.3 Å². The molecule has 0 N–H and O–H groups in total. The normalized spacial score (nSPS) is 11.6. The largest absolute Gasteiger partial charge is 0.482 e. The van der Waals surface area contributed by atoms with Crippen molar-refractivity contribution in [1.82, 2.24) is 0 Å².